The predicted octanol–water partition coefficient (Wildman–Crippen LogP) is 1.74. The lowest BCUT2D eigenvalue weighted by atomic mass is 9.97. The molecule has 1 saturated carbocycles. The second-order valence-electron chi connectivity index (χ2n) is 6.62. The maximum absolute atomic E-state index is 12.2. The summed E-state index contributed by atoms with van der Waals surface area (Å²) in [6.07, 6.45) is 2.04. The van der Waals surface area contributed by atoms with Gasteiger partial charge in [0.15, 0.2) is 21.5 Å². The van der Waals surface area contributed by atoms with Crippen molar-refractivity contribution in [2.75, 3.05) is 0 Å². The Morgan fingerprint density at radius 2 is 1.64 bits per heavy atom. The topological polar surface area (TPSA) is 112 Å². The van der Waals surface area contributed by atoms with Crippen LogP contribution in [0.25, 0.3) is 0 Å². The Labute approximate surface area is 128 Å². The number of sulfone groups is 1. The number of hydrogen-bond donors (Lipinski definition) is 0. The van der Waals surface area contributed by atoms with E-state index < -0.39 is 9.84 Å². The average molecular weight is 326 g/mol. The summed E-state index contributed by atoms with van der Waals surface area (Å²) >= 11 is 0. The number of hydrogen-bond acceptors (Lipinski definition) is 8. The molecule has 2 heterocycles. The molecule has 2 aromatic heterocycles. The minimum atomic E-state index is -3.48. The number of rotatable bonds is 5. The highest BCUT2D eigenvalue weighted by atomic mass is 32.2. The normalized spacial score (nSPS) is 16.1. The molecule has 9 heteroatoms. The summed E-state index contributed by atoms with van der Waals surface area (Å²) in [4.78, 5) is 8.25. The van der Waals surface area contributed by atoms with Crippen molar-refractivity contribution in [1.82, 2.24) is 20.3 Å². The fourth-order valence-electron chi connectivity index (χ4n) is 1.88. The molecule has 0 bridgehead atoms. The van der Waals surface area contributed by atoms with E-state index in [4.69, 9.17) is 9.05 Å². The molecule has 1 fully saturated rings. The summed E-state index contributed by atoms with van der Waals surface area (Å²) in [7, 11) is -3.48. The van der Waals surface area contributed by atoms with Gasteiger partial charge in [0.25, 0.3) is 0 Å². The zero-order chi connectivity index (χ0) is 16.0. The van der Waals surface area contributed by atoms with Gasteiger partial charge in [-0.15, -0.1) is 0 Å². The molecule has 0 amide bonds. The van der Waals surface area contributed by atoms with Crippen molar-refractivity contribution in [1.29, 1.82) is 0 Å². The van der Waals surface area contributed by atoms with Crippen molar-refractivity contribution < 1.29 is 17.5 Å². The standard InChI is InChI=1S/C13H18N4O4S/c1-13(2,3)12-15-10(17-21-12)7-22(18,19)6-9-14-11(20-16-9)8-4-5-8/h8H,4-7H2,1-3H3. The lowest BCUT2D eigenvalue weighted by molar-refractivity contribution is 0.319. The average Bonchev–Trinajstić information content (AvgIpc) is 2.95. The SMILES string of the molecule is CC(C)(C)c1nc(CS(=O)(=O)Cc2noc(C3CC3)n2)no1. The Hall–Kier alpha value is -1.77. The second kappa shape index (κ2) is 5.15. The zero-order valence-electron chi connectivity index (χ0n) is 12.7. The summed E-state index contributed by atoms with van der Waals surface area (Å²) in [6, 6.07) is 0. The number of aromatic nitrogens is 4. The van der Waals surface area contributed by atoms with Crippen LogP contribution in [0.15, 0.2) is 9.05 Å². The Balaban J connectivity index is 1.68. The van der Waals surface area contributed by atoms with Gasteiger partial charge in [-0.3, -0.25) is 0 Å². The van der Waals surface area contributed by atoms with Gasteiger partial charge in [0.2, 0.25) is 11.8 Å². The van der Waals surface area contributed by atoms with E-state index in [1.807, 2.05) is 20.8 Å². The van der Waals surface area contributed by atoms with E-state index >= 15 is 0 Å². The third kappa shape index (κ3) is 3.52. The van der Waals surface area contributed by atoms with Gasteiger partial charge in [0.05, 0.1) is 0 Å². The molecule has 0 saturated heterocycles. The highest BCUT2D eigenvalue weighted by molar-refractivity contribution is 7.89. The molecule has 0 atom stereocenters. The van der Waals surface area contributed by atoms with Crippen molar-refractivity contribution in [3.63, 3.8) is 0 Å². The van der Waals surface area contributed by atoms with Gasteiger partial charge < -0.3 is 9.05 Å². The van der Waals surface area contributed by atoms with Crippen LogP contribution in [0.4, 0.5) is 0 Å². The van der Waals surface area contributed by atoms with E-state index in [2.05, 4.69) is 20.3 Å². The molecule has 8 nitrogen and oxygen atoms in total. The summed E-state index contributed by atoms with van der Waals surface area (Å²) < 4.78 is 34.5. The molecular formula is C13H18N4O4S. The summed E-state index contributed by atoms with van der Waals surface area (Å²) in [5.41, 5.74) is -0.318. The first-order valence-electron chi connectivity index (χ1n) is 7.09. The smallest absolute Gasteiger partial charge is 0.232 e. The molecule has 1 aliphatic rings. The van der Waals surface area contributed by atoms with Gasteiger partial charge >= 0.3 is 0 Å². The van der Waals surface area contributed by atoms with Crippen LogP contribution in [0.5, 0.6) is 0 Å². The van der Waals surface area contributed by atoms with Gasteiger partial charge in [-0.2, -0.15) is 9.97 Å². The zero-order valence-corrected chi connectivity index (χ0v) is 13.6. The molecule has 0 aromatic carbocycles. The van der Waals surface area contributed by atoms with Gasteiger partial charge in [-0.1, -0.05) is 31.1 Å². The van der Waals surface area contributed by atoms with Gasteiger partial charge in [-0.05, 0) is 12.8 Å². The quantitative estimate of drug-likeness (QED) is 0.816. The van der Waals surface area contributed by atoms with E-state index in [1.165, 1.54) is 0 Å². The molecule has 22 heavy (non-hydrogen) atoms. The molecule has 0 spiro atoms. The first-order chi connectivity index (χ1) is 10.2. The third-order valence-electron chi connectivity index (χ3n) is 3.22. The van der Waals surface area contributed by atoms with E-state index in [1.54, 1.807) is 0 Å². The first kappa shape index (κ1) is 15.1. The molecule has 0 N–H and O–H groups in total. The molecule has 120 valence electrons. The van der Waals surface area contributed by atoms with Crippen molar-refractivity contribution >= 4 is 9.84 Å². The Bertz CT molecular complexity index is 768. The van der Waals surface area contributed by atoms with Gasteiger partial charge in [0.1, 0.15) is 11.5 Å². The van der Waals surface area contributed by atoms with Crippen LogP contribution in [0, 0.1) is 0 Å². The number of nitrogens with zero attached hydrogens (tertiary/aromatic N) is 4. The molecule has 0 aliphatic heterocycles. The summed E-state index contributed by atoms with van der Waals surface area (Å²) in [5, 5.41) is 7.44. The van der Waals surface area contributed by atoms with Crippen LogP contribution in [0.1, 0.15) is 63.0 Å². The molecule has 0 unspecified atom stereocenters. The van der Waals surface area contributed by atoms with E-state index in [-0.39, 0.29) is 28.6 Å². The first-order valence-corrected chi connectivity index (χ1v) is 8.91. The highest BCUT2D eigenvalue weighted by Crippen LogP contribution is 2.38. The van der Waals surface area contributed by atoms with E-state index in [0.29, 0.717) is 17.7 Å². The second-order valence-corrected chi connectivity index (χ2v) is 8.69. The minimum Gasteiger partial charge on any atom is -0.339 e. The van der Waals surface area contributed by atoms with Crippen LogP contribution in [0.2, 0.25) is 0 Å². The van der Waals surface area contributed by atoms with E-state index in [9.17, 15) is 8.42 Å². The Morgan fingerprint density at radius 3 is 2.18 bits per heavy atom. The Kier molecular flexibility index (Phi) is 3.54. The largest absolute Gasteiger partial charge is 0.339 e. The fourth-order valence-corrected chi connectivity index (χ4v) is 3.01. The van der Waals surface area contributed by atoms with Gasteiger partial charge in [0, 0.05) is 11.3 Å². The van der Waals surface area contributed by atoms with E-state index in [0.717, 1.165) is 12.8 Å². The fraction of sp³-hybridized carbons (Fsp3) is 0.692. The maximum Gasteiger partial charge on any atom is 0.232 e. The highest BCUT2D eigenvalue weighted by Gasteiger charge is 2.30. The molecule has 2 aromatic rings. The lowest BCUT2D eigenvalue weighted by Gasteiger charge is -2.10. The monoisotopic (exact) mass is 326 g/mol. The van der Waals surface area contributed by atoms with Crippen LogP contribution >= 0.6 is 0 Å². The summed E-state index contributed by atoms with van der Waals surface area (Å²) in [6.45, 7) is 5.74. The van der Waals surface area contributed by atoms with Crippen molar-refractivity contribution in [2.45, 2.75) is 56.5 Å². The molecule has 0 radical (unpaired) electrons. The van der Waals surface area contributed by atoms with Crippen LogP contribution in [0.3, 0.4) is 0 Å². The molecule has 3 rings (SSSR count). The van der Waals surface area contributed by atoms with Crippen LogP contribution < -0.4 is 0 Å². The maximum atomic E-state index is 12.2. The summed E-state index contributed by atoms with van der Waals surface area (Å²) in [5.74, 6) is 0.975. The van der Waals surface area contributed by atoms with Crippen LogP contribution in [-0.4, -0.2) is 28.7 Å². The third-order valence-corrected chi connectivity index (χ3v) is 4.61. The van der Waals surface area contributed by atoms with Crippen LogP contribution in [-0.2, 0) is 26.8 Å². The van der Waals surface area contributed by atoms with Crippen molar-refractivity contribution in [2.24, 2.45) is 0 Å². The van der Waals surface area contributed by atoms with Crippen molar-refractivity contribution in [3.8, 4) is 0 Å². The minimum absolute atomic E-state index is 0.149. The molecule has 1 aliphatic carbocycles. The Morgan fingerprint density at radius 1 is 1.05 bits per heavy atom. The lowest BCUT2D eigenvalue weighted by Crippen LogP contribution is -2.13. The predicted molar refractivity (Wildman–Crippen MR) is 75.6 cm³/mol. The molecular weight excluding hydrogens is 308 g/mol. The van der Waals surface area contributed by atoms with Gasteiger partial charge in [-0.25, -0.2) is 8.42 Å². The van der Waals surface area contributed by atoms with Crippen molar-refractivity contribution in [3.05, 3.63) is 23.4 Å².